The van der Waals surface area contributed by atoms with Crippen molar-refractivity contribution in [3.63, 3.8) is 0 Å². The van der Waals surface area contributed by atoms with Crippen molar-refractivity contribution in [2.45, 2.75) is 19.3 Å². The van der Waals surface area contributed by atoms with E-state index in [4.69, 9.17) is 11.5 Å². The van der Waals surface area contributed by atoms with Gasteiger partial charge in [0.05, 0.1) is 0 Å². The van der Waals surface area contributed by atoms with E-state index in [2.05, 4.69) is 5.32 Å². The van der Waals surface area contributed by atoms with Crippen molar-refractivity contribution in [1.82, 2.24) is 29.9 Å². The fourth-order valence-corrected chi connectivity index (χ4v) is 0.746. The molecular formula is C7H33Cl2N7Pt2+4. The second-order valence-corrected chi connectivity index (χ2v) is 2.39. The molecule has 126 valence electrons. The Morgan fingerprint density at radius 2 is 0.944 bits per heavy atom. The Bertz CT molecular complexity index is 71.8. The van der Waals surface area contributed by atoms with Gasteiger partial charge in [-0.2, -0.15) is 0 Å². The summed E-state index contributed by atoms with van der Waals surface area (Å²) in [5, 5.41) is 3.29. The summed E-state index contributed by atoms with van der Waals surface area (Å²) in [7, 11) is 0. The van der Waals surface area contributed by atoms with E-state index in [0.717, 1.165) is 39.0 Å². The number of nitrogens with two attached hydrogens (primary N) is 2. The average Bonchev–Trinajstić information content (AvgIpc) is 1.97. The molecule has 0 saturated carbocycles. The monoisotopic (exact) mass is 675 g/mol. The van der Waals surface area contributed by atoms with Gasteiger partial charge in [0.1, 0.15) is 0 Å². The number of unbranched alkanes of at least 4 members (excludes halogenated alkanes) is 1. The number of rotatable bonds is 7. The van der Waals surface area contributed by atoms with Crippen LogP contribution >= 0.6 is 24.8 Å². The van der Waals surface area contributed by atoms with Crippen molar-refractivity contribution < 1.29 is 42.1 Å². The van der Waals surface area contributed by atoms with Crippen LogP contribution in [0.3, 0.4) is 0 Å². The van der Waals surface area contributed by atoms with Gasteiger partial charge in [-0.3, -0.25) is 0 Å². The standard InChI is InChI=1S/C7H19N3.2ClH.4H3N.2Pt/c8-4-1-2-6-10-7-3-5-9;;;;;;;;/h10H,1-9H2;2*1H;4*1H3;;/q;;;;;;;2*+2. The van der Waals surface area contributed by atoms with Crippen molar-refractivity contribution in [3.05, 3.63) is 0 Å². The van der Waals surface area contributed by atoms with Crippen molar-refractivity contribution in [2.24, 2.45) is 11.5 Å². The first-order chi connectivity index (χ1) is 4.91. The van der Waals surface area contributed by atoms with E-state index < -0.39 is 0 Å². The predicted octanol–water partition coefficient (Wildman–Crippen LogP) is 1.15. The van der Waals surface area contributed by atoms with Gasteiger partial charge in [0.25, 0.3) is 0 Å². The third kappa shape index (κ3) is 65.3. The average molecular weight is 676 g/mol. The van der Waals surface area contributed by atoms with Crippen LogP contribution in [0.5, 0.6) is 0 Å². The maximum Gasteiger partial charge on any atom is 2.00 e. The molecule has 0 aromatic rings. The fourth-order valence-electron chi connectivity index (χ4n) is 0.746. The van der Waals surface area contributed by atoms with E-state index >= 15 is 0 Å². The van der Waals surface area contributed by atoms with E-state index in [0.29, 0.717) is 0 Å². The van der Waals surface area contributed by atoms with Crippen molar-refractivity contribution in [2.75, 3.05) is 26.2 Å². The number of hydrogen-bond donors (Lipinski definition) is 7. The molecule has 11 heteroatoms. The van der Waals surface area contributed by atoms with Gasteiger partial charge in [-0.05, 0) is 45.4 Å². The molecule has 0 aromatic heterocycles. The molecule has 17 N–H and O–H groups in total. The quantitative estimate of drug-likeness (QED) is 0.196. The zero-order valence-corrected chi connectivity index (χ0v) is 17.1. The molecule has 0 aliphatic carbocycles. The molecule has 0 fully saturated rings. The Morgan fingerprint density at radius 3 is 1.28 bits per heavy atom. The van der Waals surface area contributed by atoms with E-state index in [1.165, 1.54) is 6.42 Å². The molecule has 0 rings (SSSR count). The molecule has 0 spiro atoms. The smallest absolute Gasteiger partial charge is 0.344 e. The van der Waals surface area contributed by atoms with Gasteiger partial charge in [-0.15, -0.1) is 24.8 Å². The third-order valence-electron chi connectivity index (χ3n) is 1.37. The van der Waals surface area contributed by atoms with E-state index in [1.54, 1.807) is 0 Å². The van der Waals surface area contributed by atoms with Crippen LogP contribution in [0.1, 0.15) is 19.3 Å². The maximum absolute atomic E-state index is 5.32. The molecular weight excluding hydrogens is 643 g/mol. The van der Waals surface area contributed by atoms with Crippen LogP contribution in [0, 0.1) is 0 Å². The summed E-state index contributed by atoms with van der Waals surface area (Å²) in [5.74, 6) is 0. The summed E-state index contributed by atoms with van der Waals surface area (Å²) in [6, 6.07) is 0. The molecule has 0 bridgehead atoms. The minimum atomic E-state index is 0. The van der Waals surface area contributed by atoms with Gasteiger partial charge in [0.2, 0.25) is 0 Å². The van der Waals surface area contributed by atoms with E-state index in [9.17, 15) is 0 Å². The first-order valence-corrected chi connectivity index (χ1v) is 4.02. The Labute approximate surface area is 153 Å². The largest absolute Gasteiger partial charge is 2.00 e. The Balaban J connectivity index is -0.0000000145. The Kier molecular flexibility index (Phi) is 208. The predicted molar refractivity (Wildman–Crippen MR) is 79.4 cm³/mol. The van der Waals surface area contributed by atoms with Crippen LogP contribution in [0.25, 0.3) is 0 Å². The molecule has 0 atom stereocenters. The zero-order chi connectivity index (χ0) is 7.66. The zero-order valence-electron chi connectivity index (χ0n) is 10.9. The van der Waals surface area contributed by atoms with E-state index in [1.807, 2.05) is 0 Å². The summed E-state index contributed by atoms with van der Waals surface area (Å²) >= 11 is 0. The van der Waals surface area contributed by atoms with Crippen molar-refractivity contribution in [1.29, 1.82) is 0 Å². The molecule has 0 aromatic carbocycles. The molecule has 0 unspecified atom stereocenters. The SMILES string of the molecule is Cl.Cl.N.N.N.N.NCCCCNCCCN.[Pt+2].[Pt+2]. The minimum absolute atomic E-state index is 0. The van der Waals surface area contributed by atoms with Crippen LogP contribution in [0.4, 0.5) is 0 Å². The number of nitrogens with one attached hydrogen (secondary N) is 1. The maximum atomic E-state index is 5.32. The Morgan fingerprint density at radius 1 is 0.611 bits per heavy atom. The molecule has 0 saturated heterocycles. The van der Waals surface area contributed by atoms with Gasteiger partial charge in [-0.1, -0.05) is 0 Å². The second-order valence-electron chi connectivity index (χ2n) is 2.39. The van der Waals surface area contributed by atoms with Gasteiger partial charge in [0, 0.05) is 0 Å². The molecule has 0 aliphatic rings. The van der Waals surface area contributed by atoms with Crippen LogP contribution < -0.4 is 41.4 Å². The molecule has 0 heterocycles. The van der Waals surface area contributed by atoms with Crippen LogP contribution in [-0.4, -0.2) is 26.2 Å². The van der Waals surface area contributed by atoms with E-state index in [-0.39, 0.29) is 91.5 Å². The molecule has 18 heavy (non-hydrogen) atoms. The summed E-state index contributed by atoms with van der Waals surface area (Å²) in [6.07, 6.45) is 3.37. The summed E-state index contributed by atoms with van der Waals surface area (Å²) in [6.45, 7) is 3.71. The minimum Gasteiger partial charge on any atom is -0.344 e. The third-order valence-corrected chi connectivity index (χ3v) is 1.37. The number of halogens is 2. The summed E-state index contributed by atoms with van der Waals surface area (Å²) in [5.41, 5.74) is 10.6. The Hall–Kier alpha value is 1.68. The van der Waals surface area contributed by atoms with Gasteiger partial charge in [0.15, 0.2) is 0 Å². The number of hydrogen-bond acceptors (Lipinski definition) is 7. The van der Waals surface area contributed by atoms with Crippen LogP contribution in [-0.2, 0) is 42.1 Å². The second kappa shape index (κ2) is 62.3. The van der Waals surface area contributed by atoms with Gasteiger partial charge < -0.3 is 41.4 Å². The molecule has 0 aliphatic heterocycles. The topological polar surface area (TPSA) is 204 Å². The summed E-state index contributed by atoms with van der Waals surface area (Å²) in [4.78, 5) is 0. The first kappa shape index (κ1) is 60.2. The molecule has 0 amide bonds. The fraction of sp³-hybridized carbons (Fsp3) is 1.00. The van der Waals surface area contributed by atoms with Crippen LogP contribution in [0.2, 0.25) is 0 Å². The molecule has 0 radical (unpaired) electrons. The van der Waals surface area contributed by atoms with Crippen molar-refractivity contribution >= 4 is 24.8 Å². The van der Waals surface area contributed by atoms with Gasteiger partial charge in [-0.25, -0.2) is 0 Å². The first-order valence-electron chi connectivity index (χ1n) is 4.02. The van der Waals surface area contributed by atoms with Gasteiger partial charge >= 0.3 is 42.1 Å². The normalized spacial score (nSPS) is 5.67. The van der Waals surface area contributed by atoms with Crippen LogP contribution in [0.15, 0.2) is 0 Å². The summed E-state index contributed by atoms with van der Waals surface area (Å²) < 4.78 is 0. The van der Waals surface area contributed by atoms with Crippen molar-refractivity contribution in [3.8, 4) is 0 Å². The molecule has 7 nitrogen and oxygen atoms in total.